The molecule has 12 nitrogen and oxygen atoms in total. The molecule has 0 bridgehead atoms. The van der Waals surface area contributed by atoms with Crippen molar-refractivity contribution in [2.75, 3.05) is 5.32 Å². The Morgan fingerprint density at radius 3 is 2.58 bits per heavy atom. The number of aliphatic hydroxyl groups excluding tert-OH is 1. The van der Waals surface area contributed by atoms with E-state index in [0.29, 0.717) is 26.4 Å². The highest BCUT2D eigenvalue weighted by atomic mass is 35.5. The molecular weight excluding hydrogens is 591 g/mol. The van der Waals surface area contributed by atoms with E-state index in [9.17, 15) is 27.9 Å². The van der Waals surface area contributed by atoms with E-state index in [1.54, 1.807) is 24.3 Å². The molecule has 0 aliphatic heterocycles. The van der Waals surface area contributed by atoms with Crippen molar-refractivity contribution >= 4 is 23.3 Å². The van der Waals surface area contributed by atoms with Crippen LogP contribution >= 0.6 is 11.6 Å². The lowest BCUT2D eigenvalue weighted by Crippen LogP contribution is -2.37. The Morgan fingerprint density at radius 2 is 1.86 bits per heavy atom. The zero-order valence-electron chi connectivity index (χ0n) is 21.8. The molecule has 218 valence electrons. The van der Waals surface area contributed by atoms with Crippen LogP contribution in [0.3, 0.4) is 0 Å². The number of benzene rings is 2. The molecule has 0 unspecified atom stereocenters. The molecule has 0 fully saturated rings. The molecular formula is C27H19ClF3N9O3. The molecule has 0 aliphatic rings. The van der Waals surface area contributed by atoms with Gasteiger partial charge in [-0.25, -0.2) is 24.1 Å². The fourth-order valence-corrected chi connectivity index (χ4v) is 4.13. The van der Waals surface area contributed by atoms with Crippen LogP contribution in [0.4, 0.5) is 19.0 Å². The number of anilines is 1. The summed E-state index contributed by atoms with van der Waals surface area (Å²) in [6, 6.07) is 17.2. The number of halogens is 4. The Kier molecular flexibility index (Phi) is 8.06. The second-order valence-electron chi connectivity index (χ2n) is 9.06. The SMILES string of the molecule is N#Cc1cccc(C(=O)Nc2ncccc2-n2cnc(Cn3nc(-c4ccc(Cl)cc4)n(C[C@H](O)C(F)(F)F)c3=O)n2)c1. The van der Waals surface area contributed by atoms with Gasteiger partial charge in [-0.15, -0.1) is 10.2 Å². The van der Waals surface area contributed by atoms with Crippen LogP contribution in [0, 0.1) is 11.3 Å². The van der Waals surface area contributed by atoms with Gasteiger partial charge in [-0.3, -0.25) is 9.36 Å². The van der Waals surface area contributed by atoms with Gasteiger partial charge in [-0.05, 0) is 54.6 Å². The highest BCUT2D eigenvalue weighted by molar-refractivity contribution is 6.30. The van der Waals surface area contributed by atoms with Gasteiger partial charge in [0.1, 0.15) is 18.6 Å². The lowest BCUT2D eigenvalue weighted by atomic mass is 10.1. The van der Waals surface area contributed by atoms with Gasteiger partial charge in [0.05, 0.1) is 18.2 Å². The highest BCUT2D eigenvalue weighted by Gasteiger charge is 2.39. The van der Waals surface area contributed by atoms with Crippen LogP contribution in [0.15, 0.2) is 78.0 Å². The number of pyridine rings is 1. The molecule has 1 amide bonds. The highest BCUT2D eigenvalue weighted by Crippen LogP contribution is 2.24. The standard InChI is InChI=1S/C27H19ClF3N9O3/c28-19-8-6-17(7-9-19)24-37-39(26(43)38(24)13-21(41)27(29,30)31)14-22-34-15-40(36-22)20-5-2-10-33-23(20)35-25(42)18-4-1-3-16(11-18)12-32/h1-11,15,21,41H,13-14H2,(H,33,35,42)/t21-/m0/s1. The number of hydrogen-bond donors (Lipinski definition) is 2. The second kappa shape index (κ2) is 11.9. The number of carbonyl (C=O) groups is 1. The van der Waals surface area contributed by atoms with Gasteiger partial charge in [0, 0.05) is 22.3 Å². The minimum absolute atomic E-state index is 0.0635. The summed E-state index contributed by atoms with van der Waals surface area (Å²) in [6.45, 7) is -1.41. The van der Waals surface area contributed by atoms with Crippen molar-refractivity contribution in [3.05, 3.63) is 106 Å². The zero-order valence-corrected chi connectivity index (χ0v) is 22.5. The van der Waals surface area contributed by atoms with E-state index in [1.165, 1.54) is 53.6 Å². The molecule has 0 aliphatic carbocycles. The van der Waals surface area contributed by atoms with Crippen LogP contribution in [-0.4, -0.2) is 57.4 Å². The Labute approximate surface area is 245 Å². The number of aromatic nitrogens is 7. The van der Waals surface area contributed by atoms with Gasteiger partial charge in [-0.1, -0.05) is 17.7 Å². The molecule has 5 aromatic rings. The van der Waals surface area contributed by atoms with Crippen molar-refractivity contribution in [2.45, 2.75) is 25.4 Å². The number of aliphatic hydroxyl groups is 1. The van der Waals surface area contributed by atoms with E-state index in [4.69, 9.17) is 16.9 Å². The van der Waals surface area contributed by atoms with E-state index in [2.05, 4.69) is 25.5 Å². The lowest BCUT2D eigenvalue weighted by Gasteiger charge is -2.15. The third-order valence-corrected chi connectivity index (χ3v) is 6.36. The second-order valence-corrected chi connectivity index (χ2v) is 9.50. The van der Waals surface area contributed by atoms with Crippen molar-refractivity contribution in [3.63, 3.8) is 0 Å². The summed E-state index contributed by atoms with van der Waals surface area (Å²) < 4.78 is 42.3. The maximum atomic E-state index is 13.1. The summed E-state index contributed by atoms with van der Waals surface area (Å²) in [5.41, 5.74) is 0.221. The summed E-state index contributed by atoms with van der Waals surface area (Å²) in [7, 11) is 0. The van der Waals surface area contributed by atoms with Crippen LogP contribution in [0.1, 0.15) is 21.7 Å². The number of rotatable bonds is 8. The van der Waals surface area contributed by atoms with Crippen LogP contribution in [0.2, 0.25) is 5.02 Å². The fourth-order valence-electron chi connectivity index (χ4n) is 4.01. The van der Waals surface area contributed by atoms with Crippen molar-refractivity contribution < 1.29 is 23.1 Å². The largest absolute Gasteiger partial charge is 0.416 e. The van der Waals surface area contributed by atoms with Crippen LogP contribution in [-0.2, 0) is 13.1 Å². The molecule has 16 heteroatoms. The molecule has 5 rings (SSSR count). The summed E-state index contributed by atoms with van der Waals surface area (Å²) in [6.07, 6.45) is -5.03. The lowest BCUT2D eigenvalue weighted by molar-refractivity contribution is -0.207. The molecule has 3 heterocycles. The monoisotopic (exact) mass is 609 g/mol. The molecule has 1 atom stereocenters. The Bertz CT molecular complexity index is 1890. The zero-order chi connectivity index (χ0) is 30.7. The van der Waals surface area contributed by atoms with E-state index in [1.807, 2.05) is 6.07 Å². The van der Waals surface area contributed by atoms with Gasteiger partial charge < -0.3 is 10.4 Å². The van der Waals surface area contributed by atoms with Crippen LogP contribution < -0.4 is 11.0 Å². The van der Waals surface area contributed by atoms with Crippen molar-refractivity contribution in [1.82, 2.24) is 34.1 Å². The minimum Gasteiger partial charge on any atom is -0.382 e. The Morgan fingerprint density at radius 1 is 1.09 bits per heavy atom. The van der Waals surface area contributed by atoms with Crippen molar-refractivity contribution in [2.24, 2.45) is 0 Å². The Balaban J connectivity index is 1.43. The topological polar surface area (TPSA) is 157 Å². The molecule has 43 heavy (non-hydrogen) atoms. The number of carbonyl (C=O) groups excluding carboxylic acids is 1. The van der Waals surface area contributed by atoms with Crippen LogP contribution in [0.5, 0.6) is 0 Å². The minimum atomic E-state index is -4.96. The van der Waals surface area contributed by atoms with Crippen LogP contribution in [0.25, 0.3) is 17.1 Å². The van der Waals surface area contributed by atoms with Gasteiger partial charge in [-0.2, -0.15) is 18.4 Å². The number of nitrogens with zero attached hydrogens (tertiary/aromatic N) is 8. The quantitative estimate of drug-likeness (QED) is 0.271. The van der Waals surface area contributed by atoms with Crippen molar-refractivity contribution in [3.8, 4) is 23.1 Å². The number of hydrogen-bond acceptors (Lipinski definition) is 8. The predicted octanol–water partition coefficient (Wildman–Crippen LogP) is 3.44. The van der Waals surface area contributed by atoms with Gasteiger partial charge >= 0.3 is 11.9 Å². The number of amides is 1. The maximum absolute atomic E-state index is 13.1. The summed E-state index contributed by atoms with van der Waals surface area (Å²) in [5.74, 6) is -0.458. The molecule has 2 N–H and O–H groups in total. The normalized spacial score (nSPS) is 12.1. The van der Waals surface area contributed by atoms with E-state index < -0.39 is 30.4 Å². The number of nitrogens with one attached hydrogen (secondary N) is 1. The first-order valence-corrected chi connectivity index (χ1v) is 12.8. The first-order chi connectivity index (χ1) is 20.5. The van der Waals surface area contributed by atoms with Gasteiger partial charge in [0.15, 0.2) is 23.6 Å². The maximum Gasteiger partial charge on any atom is 0.416 e. The molecule has 3 aromatic heterocycles. The third kappa shape index (κ3) is 6.45. The molecule has 0 saturated heterocycles. The fraction of sp³-hybridized carbons (Fsp3) is 0.148. The number of nitriles is 1. The first kappa shape index (κ1) is 29.2. The first-order valence-electron chi connectivity index (χ1n) is 12.4. The average molecular weight is 610 g/mol. The van der Waals surface area contributed by atoms with Gasteiger partial charge in [0.2, 0.25) is 0 Å². The van der Waals surface area contributed by atoms with E-state index in [-0.39, 0.29) is 29.6 Å². The summed E-state index contributed by atoms with van der Waals surface area (Å²) in [4.78, 5) is 34.3. The smallest absolute Gasteiger partial charge is 0.382 e. The number of alkyl halides is 3. The molecule has 0 spiro atoms. The van der Waals surface area contributed by atoms with Gasteiger partial charge in [0.25, 0.3) is 5.91 Å². The summed E-state index contributed by atoms with van der Waals surface area (Å²) >= 11 is 5.92. The molecule has 2 aromatic carbocycles. The molecule has 0 radical (unpaired) electrons. The van der Waals surface area contributed by atoms with E-state index >= 15 is 0 Å². The molecule has 0 saturated carbocycles. The predicted molar refractivity (Wildman–Crippen MR) is 146 cm³/mol. The third-order valence-electron chi connectivity index (χ3n) is 6.11. The average Bonchev–Trinajstić information content (AvgIpc) is 3.58. The summed E-state index contributed by atoms with van der Waals surface area (Å²) in [5, 5.41) is 30.3. The van der Waals surface area contributed by atoms with Crippen molar-refractivity contribution in [1.29, 1.82) is 5.26 Å². The van der Waals surface area contributed by atoms with E-state index in [0.717, 1.165) is 4.68 Å². The Hall–Kier alpha value is -5.33.